The molecule has 0 radical (unpaired) electrons. The number of carbonyl (C=O) groups excluding carboxylic acids is 1. The van der Waals surface area contributed by atoms with Crippen molar-refractivity contribution in [2.75, 3.05) is 6.61 Å². The van der Waals surface area contributed by atoms with E-state index in [0.717, 1.165) is 14.5 Å². The van der Waals surface area contributed by atoms with Crippen molar-refractivity contribution in [2.45, 2.75) is 13.5 Å². The highest BCUT2D eigenvalue weighted by Crippen LogP contribution is 2.32. The SMILES string of the molecule is Cc1cc(Br)cc(Br)c1OCC(=O)NCc1ccco1. The highest BCUT2D eigenvalue weighted by atomic mass is 79.9. The van der Waals surface area contributed by atoms with Crippen molar-refractivity contribution in [1.29, 1.82) is 0 Å². The largest absolute Gasteiger partial charge is 0.482 e. The third-order valence-electron chi connectivity index (χ3n) is 2.58. The van der Waals surface area contributed by atoms with Gasteiger partial charge in [0.1, 0.15) is 11.5 Å². The summed E-state index contributed by atoms with van der Waals surface area (Å²) < 4.78 is 12.4. The Hall–Kier alpha value is -1.27. The topological polar surface area (TPSA) is 51.5 Å². The molecule has 0 aliphatic carbocycles. The second kappa shape index (κ2) is 6.95. The summed E-state index contributed by atoms with van der Waals surface area (Å²) >= 11 is 6.82. The zero-order chi connectivity index (χ0) is 14.5. The van der Waals surface area contributed by atoms with Gasteiger partial charge in [0.25, 0.3) is 5.91 Å². The van der Waals surface area contributed by atoms with Crippen LogP contribution in [0.1, 0.15) is 11.3 Å². The molecule has 1 heterocycles. The van der Waals surface area contributed by atoms with Gasteiger partial charge in [-0.05, 0) is 52.7 Å². The lowest BCUT2D eigenvalue weighted by atomic mass is 10.2. The lowest BCUT2D eigenvalue weighted by Crippen LogP contribution is -2.28. The highest BCUT2D eigenvalue weighted by Gasteiger charge is 2.09. The van der Waals surface area contributed by atoms with Gasteiger partial charge in [-0.15, -0.1) is 0 Å². The Morgan fingerprint density at radius 2 is 2.20 bits per heavy atom. The molecule has 106 valence electrons. The smallest absolute Gasteiger partial charge is 0.258 e. The molecule has 1 aromatic heterocycles. The number of hydrogen-bond donors (Lipinski definition) is 1. The predicted molar refractivity (Wildman–Crippen MR) is 82.6 cm³/mol. The van der Waals surface area contributed by atoms with Gasteiger partial charge in [-0.3, -0.25) is 4.79 Å². The minimum absolute atomic E-state index is 0.0399. The molecule has 0 aliphatic rings. The number of furan rings is 1. The predicted octanol–water partition coefficient (Wildman–Crippen LogP) is 3.81. The van der Waals surface area contributed by atoms with E-state index >= 15 is 0 Å². The van der Waals surface area contributed by atoms with Gasteiger partial charge in [-0.1, -0.05) is 15.9 Å². The zero-order valence-electron chi connectivity index (χ0n) is 10.8. The van der Waals surface area contributed by atoms with Crippen LogP contribution in [0.15, 0.2) is 43.9 Å². The van der Waals surface area contributed by atoms with Crippen LogP contribution in [-0.2, 0) is 11.3 Å². The van der Waals surface area contributed by atoms with E-state index in [-0.39, 0.29) is 12.5 Å². The number of carbonyl (C=O) groups is 1. The van der Waals surface area contributed by atoms with Gasteiger partial charge < -0.3 is 14.5 Å². The Labute approximate surface area is 133 Å². The van der Waals surface area contributed by atoms with Gasteiger partial charge in [-0.2, -0.15) is 0 Å². The molecule has 0 unspecified atom stereocenters. The number of benzene rings is 1. The van der Waals surface area contributed by atoms with Gasteiger partial charge >= 0.3 is 0 Å². The Balaban J connectivity index is 1.87. The minimum Gasteiger partial charge on any atom is -0.482 e. The fourth-order valence-corrected chi connectivity index (χ4v) is 3.21. The van der Waals surface area contributed by atoms with E-state index in [9.17, 15) is 4.79 Å². The summed E-state index contributed by atoms with van der Waals surface area (Å²) in [6, 6.07) is 7.39. The molecule has 0 saturated carbocycles. The Kier molecular flexibility index (Phi) is 5.25. The van der Waals surface area contributed by atoms with Gasteiger partial charge in [-0.25, -0.2) is 0 Å². The molecule has 0 fully saturated rings. The van der Waals surface area contributed by atoms with Gasteiger partial charge in [0, 0.05) is 4.47 Å². The number of hydrogen-bond acceptors (Lipinski definition) is 3. The molecular formula is C14H13Br2NO3. The molecule has 0 bridgehead atoms. The van der Waals surface area contributed by atoms with Gasteiger partial charge in [0.05, 0.1) is 17.3 Å². The van der Waals surface area contributed by atoms with Crippen LogP contribution in [-0.4, -0.2) is 12.5 Å². The second-order valence-electron chi connectivity index (χ2n) is 4.18. The Morgan fingerprint density at radius 1 is 1.40 bits per heavy atom. The zero-order valence-corrected chi connectivity index (χ0v) is 14.0. The van der Waals surface area contributed by atoms with Crippen molar-refractivity contribution in [2.24, 2.45) is 0 Å². The summed E-state index contributed by atoms with van der Waals surface area (Å²) in [6.45, 7) is 2.24. The van der Waals surface area contributed by atoms with Gasteiger partial charge in [0.2, 0.25) is 0 Å². The average Bonchev–Trinajstić information content (AvgIpc) is 2.88. The molecular weight excluding hydrogens is 390 g/mol. The van der Waals surface area contributed by atoms with Crippen LogP contribution < -0.4 is 10.1 Å². The van der Waals surface area contributed by atoms with Crippen LogP contribution in [0.3, 0.4) is 0 Å². The Bertz CT molecular complexity index is 573. The minimum atomic E-state index is -0.199. The van der Waals surface area contributed by atoms with Crippen molar-refractivity contribution >= 4 is 37.8 Å². The van der Waals surface area contributed by atoms with E-state index in [1.807, 2.05) is 19.1 Å². The number of amides is 1. The summed E-state index contributed by atoms with van der Waals surface area (Å²) in [4.78, 5) is 11.7. The first-order valence-electron chi connectivity index (χ1n) is 5.94. The van der Waals surface area contributed by atoms with Crippen molar-refractivity contribution in [3.63, 3.8) is 0 Å². The van der Waals surface area contributed by atoms with E-state index in [0.29, 0.717) is 18.1 Å². The molecule has 1 N–H and O–H groups in total. The molecule has 6 heteroatoms. The lowest BCUT2D eigenvalue weighted by molar-refractivity contribution is -0.123. The maximum absolute atomic E-state index is 11.7. The van der Waals surface area contributed by atoms with E-state index in [2.05, 4.69) is 37.2 Å². The number of aryl methyl sites for hydroxylation is 1. The summed E-state index contributed by atoms with van der Waals surface area (Å²) in [6.07, 6.45) is 1.57. The van der Waals surface area contributed by atoms with Crippen molar-refractivity contribution in [3.8, 4) is 5.75 Å². The number of rotatable bonds is 5. The number of halogens is 2. The van der Waals surface area contributed by atoms with E-state index < -0.39 is 0 Å². The van der Waals surface area contributed by atoms with Crippen LogP contribution >= 0.6 is 31.9 Å². The summed E-state index contributed by atoms with van der Waals surface area (Å²) in [5.41, 5.74) is 0.949. The molecule has 1 aromatic carbocycles. The van der Waals surface area contributed by atoms with Crippen molar-refractivity contribution < 1.29 is 13.9 Å². The first-order valence-corrected chi connectivity index (χ1v) is 7.52. The van der Waals surface area contributed by atoms with Crippen LogP contribution in [0.2, 0.25) is 0 Å². The second-order valence-corrected chi connectivity index (χ2v) is 5.95. The molecule has 0 saturated heterocycles. The third kappa shape index (κ3) is 4.11. The summed E-state index contributed by atoms with van der Waals surface area (Å²) in [7, 11) is 0. The lowest BCUT2D eigenvalue weighted by Gasteiger charge is -2.11. The maximum atomic E-state index is 11.7. The standard InChI is InChI=1S/C14H13Br2NO3/c1-9-5-10(15)6-12(16)14(9)20-8-13(18)17-7-11-3-2-4-19-11/h2-6H,7-8H2,1H3,(H,17,18). The van der Waals surface area contributed by atoms with Crippen LogP contribution in [0, 0.1) is 6.92 Å². The summed E-state index contributed by atoms with van der Waals surface area (Å²) in [5.74, 6) is 1.18. The normalized spacial score (nSPS) is 10.3. The number of ether oxygens (including phenoxy) is 1. The first-order chi connectivity index (χ1) is 9.56. The van der Waals surface area contributed by atoms with Crippen LogP contribution in [0.25, 0.3) is 0 Å². The molecule has 1 amide bonds. The highest BCUT2D eigenvalue weighted by molar-refractivity contribution is 9.11. The number of nitrogens with one attached hydrogen (secondary N) is 1. The molecule has 0 spiro atoms. The fourth-order valence-electron chi connectivity index (χ4n) is 1.66. The van der Waals surface area contributed by atoms with E-state index in [1.54, 1.807) is 18.4 Å². The quantitative estimate of drug-likeness (QED) is 0.827. The average molecular weight is 403 g/mol. The molecule has 2 aromatic rings. The molecule has 2 rings (SSSR count). The molecule has 20 heavy (non-hydrogen) atoms. The first kappa shape index (κ1) is 15.1. The van der Waals surface area contributed by atoms with Crippen molar-refractivity contribution in [3.05, 3.63) is 50.8 Å². The van der Waals surface area contributed by atoms with E-state index in [4.69, 9.17) is 9.15 Å². The van der Waals surface area contributed by atoms with Crippen LogP contribution in [0.5, 0.6) is 5.75 Å². The van der Waals surface area contributed by atoms with Crippen molar-refractivity contribution in [1.82, 2.24) is 5.32 Å². The van der Waals surface area contributed by atoms with E-state index in [1.165, 1.54) is 0 Å². The summed E-state index contributed by atoms with van der Waals surface area (Å²) in [5, 5.41) is 2.72. The van der Waals surface area contributed by atoms with Gasteiger partial charge in [0.15, 0.2) is 6.61 Å². The monoisotopic (exact) mass is 401 g/mol. The molecule has 0 atom stereocenters. The molecule has 4 nitrogen and oxygen atoms in total. The molecule has 0 aliphatic heterocycles. The van der Waals surface area contributed by atoms with Crippen LogP contribution in [0.4, 0.5) is 0 Å². The maximum Gasteiger partial charge on any atom is 0.258 e. The fraction of sp³-hybridized carbons (Fsp3) is 0.214. The third-order valence-corrected chi connectivity index (χ3v) is 3.63. The Morgan fingerprint density at radius 3 is 2.85 bits per heavy atom.